The fourth-order valence-corrected chi connectivity index (χ4v) is 4.91. The van der Waals surface area contributed by atoms with Gasteiger partial charge in [-0.1, -0.05) is 0 Å². The summed E-state index contributed by atoms with van der Waals surface area (Å²) in [5.41, 5.74) is 0. The van der Waals surface area contributed by atoms with Crippen LogP contribution in [0.5, 0.6) is 0 Å². The van der Waals surface area contributed by atoms with Gasteiger partial charge in [0.05, 0.1) is 19.2 Å². The maximum atomic E-state index is 12.4. The topological polar surface area (TPSA) is 142 Å². The zero-order chi connectivity index (χ0) is 15.1. The van der Waals surface area contributed by atoms with Crippen molar-refractivity contribution < 1.29 is 23.1 Å². The van der Waals surface area contributed by atoms with Crippen LogP contribution in [-0.2, 0) is 19.4 Å². The molecule has 0 saturated carbocycles. The molecule has 10 heteroatoms. The number of hydrazone groups is 1. The highest BCUT2D eigenvalue weighted by Gasteiger charge is 2.69. The molecule has 2 rings (SSSR count). The van der Waals surface area contributed by atoms with Crippen LogP contribution >= 0.6 is 0 Å². The number of β-lactam (4-membered cyclic amide) rings is 1. The maximum absolute atomic E-state index is 12.4. The lowest BCUT2D eigenvalue weighted by molar-refractivity contribution is -0.157. The minimum absolute atomic E-state index is 0.171. The summed E-state index contributed by atoms with van der Waals surface area (Å²) in [5.74, 6) is 3.05. The first-order chi connectivity index (χ1) is 9.27. The third-order valence-electron chi connectivity index (χ3n) is 3.71. The van der Waals surface area contributed by atoms with Gasteiger partial charge in [0.15, 0.2) is 15.9 Å². The molecule has 2 heterocycles. The van der Waals surface area contributed by atoms with Crippen molar-refractivity contribution >= 4 is 34.1 Å². The van der Waals surface area contributed by atoms with E-state index in [4.69, 9.17) is 5.84 Å². The molecule has 0 aromatic rings. The molecule has 3 N–H and O–H groups in total. The van der Waals surface area contributed by atoms with Crippen molar-refractivity contribution in [2.24, 2.45) is 15.9 Å². The minimum Gasteiger partial charge on any atom is -0.480 e. The number of aliphatic imine (C=N–C) groups is 1. The van der Waals surface area contributed by atoms with E-state index in [0.717, 1.165) is 11.1 Å². The van der Waals surface area contributed by atoms with E-state index in [0.29, 0.717) is 0 Å². The summed E-state index contributed by atoms with van der Waals surface area (Å²) >= 11 is 0. The average Bonchev–Trinajstić information content (AvgIpc) is 2.49. The predicted molar refractivity (Wildman–Crippen MR) is 70.0 cm³/mol. The highest BCUT2D eigenvalue weighted by Crippen LogP contribution is 2.46. The number of aliphatic carboxylic acids is 1. The molecule has 2 fully saturated rings. The molecule has 9 nitrogen and oxygen atoms in total. The molecular formula is C10H14N4O5S. The summed E-state index contributed by atoms with van der Waals surface area (Å²) < 4.78 is 23.2. The third-order valence-corrected chi connectivity index (χ3v) is 6.47. The summed E-state index contributed by atoms with van der Waals surface area (Å²) in [6.07, 6.45) is 2.17. The van der Waals surface area contributed by atoms with Gasteiger partial charge in [0.1, 0.15) is 10.1 Å². The Balaban J connectivity index is 2.41. The first kappa shape index (κ1) is 14.4. The lowest BCUT2D eigenvalue weighted by Gasteiger charge is -2.35. The van der Waals surface area contributed by atoms with Crippen LogP contribution in [0.15, 0.2) is 10.1 Å². The van der Waals surface area contributed by atoms with Crippen LogP contribution in [0, 0.1) is 0 Å². The highest BCUT2D eigenvalue weighted by molar-refractivity contribution is 7.94. The van der Waals surface area contributed by atoms with Gasteiger partial charge < -0.3 is 15.8 Å². The fraction of sp³-hybridized carbons (Fsp3) is 0.600. The second-order valence-electron chi connectivity index (χ2n) is 4.85. The van der Waals surface area contributed by atoms with E-state index in [1.54, 1.807) is 0 Å². The van der Waals surface area contributed by atoms with Gasteiger partial charge in [-0.25, -0.2) is 13.2 Å². The van der Waals surface area contributed by atoms with E-state index < -0.39 is 37.9 Å². The Labute approximate surface area is 115 Å². The Bertz CT molecular complexity index is 613. The molecule has 2 aliphatic heterocycles. The number of sulfone groups is 1. The van der Waals surface area contributed by atoms with Crippen molar-refractivity contribution in [3.8, 4) is 0 Å². The van der Waals surface area contributed by atoms with Crippen molar-refractivity contribution in [1.29, 1.82) is 0 Å². The normalized spacial score (nSPS) is 35.5. The number of hydrogen-bond acceptors (Lipinski definition) is 7. The zero-order valence-electron chi connectivity index (χ0n) is 10.6. The second-order valence-corrected chi connectivity index (χ2v) is 7.41. The smallest absolute Gasteiger partial charge is 0.328 e. The number of carbonyl (C=O) groups is 2. The number of carbonyl (C=O) groups excluding carboxylic acids is 1. The van der Waals surface area contributed by atoms with E-state index in [1.807, 2.05) is 0 Å². The van der Waals surface area contributed by atoms with E-state index in [9.17, 15) is 23.1 Å². The fourth-order valence-electron chi connectivity index (χ4n) is 2.61. The van der Waals surface area contributed by atoms with Crippen LogP contribution in [0.25, 0.3) is 0 Å². The van der Waals surface area contributed by atoms with Crippen LogP contribution in [-0.4, -0.2) is 65.4 Å². The quantitative estimate of drug-likeness (QED) is 0.271. The summed E-state index contributed by atoms with van der Waals surface area (Å²) in [6, 6.07) is -1.43. The third kappa shape index (κ3) is 1.71. The first-order valence-corrected chi connectivity index (χ1v) is 7.31. The van der Waals surface area contributed by atoms with Crippen molar-refractivity contribution in [2.75, 3.05) is 6.54 Å². The second kappa shape index (κ2) is 4.54. The molecule has 3 atom stereocenters. The van der Waals surface area contributed by atoms with Crippen LogP contribution in [0.4, 0.5) is 0 Å². The summed E-state index contributed by atoms with van der Waals surface area (Å²) in [5, 5.41) is 11.4. The van der Waals surface area contributed by atoms with Gasteiger partial charge >= 0.3 is 5.97 Å². The Morgan fingerprint density at radius 1 is 1.60 bits per heavy atom. The van der Waals surface area contributed by atoms with E-state index in [1.165, 1.54) is 13.1 Å². The van der Waals surface area contributed by atoms with E-state index in [-0.39, 0.29) is 13.0 Å². The molecule has 2 saturated heterocycles. The van der Waals surface area contributed by atoms with Gasteiger partial charge in [-0.2, -0.15) is 5.10 Å². The number of nitrogens with zero attached hydrogens (tertiary/aromatic N) is 3. The zero-order valence-corrected chi connectivity index (χ0v) is 11.4. The standard InChI is InChI=1S/C10H14N4O5S/c1-10(5-12-2-3-13-11)8(9(16)17)14-6(15)4-7(14)20(10,18)19/h2-3,7-8H,4-5,11H2,1H3,(H,16,17)/t7-,8+,10?/m1/s1. The average molecular weight is 302 g/mol. The van der Waals surface area contributed by atoms with Crippen LogP contribution < -0.4 is 5.84 Å². The lowest BCUT2D eigenvalue weighted by Crippen LogP contribution is -2.57. The molecule has 0 spiro atoms. The molecule has 0 radical (unpaired) electrons. The number of fused-ring (bicyclic) bond motifs is 1. The molecular weight excluding hydrogens is 288 g/mol. The van der Waals surface area contributed by atoms with Crippen LogP contribution in [0.2, 0.25) is 0 Å². The molecule has 0 aromatic carbocycles. The SMILES string of the molecule is CC1(CN=CC=NN)[C@H](C(=O)O)N2C(=O)C[C@H]2S1(=O)=O. The van der Waals surface area contributed by atoms with Crippen molar-refractivity contribution in [1.82, 2.24) is 4.90 Å². The largest absolute Gasteiger partial charge is 0.480 e. The predicted octanol–water partition coefficient (Wildman–Crippen LogP) is -1.80. The molecule has 110 valence electrons. The Kier molecular flexibility index (Phi) is 3.28. The van der Waals surface area contributed by atoms with Gasteiger partial charge in [-0.15, -0.1) is 0 Å². The number of carboxylic acids is 1. The van der Waals surface area contributed by atoms with Gasteiger partial charge in [-0.05, 0) is 6.92 Å². The number of carboxylic acid groups (broad SMARTS) is 1. The Morgan fingerprint density at radius 2 is 2.25 bits per heavy atom. The first-order valence-electron chi connectivity index (χ1n) is 5.76. The van der Waals surface area contributed by atoms with Gasteiger partial charge in [0.2, 0.25) is 5.91 Å². The van der Waals surface area contributed by atoms with Crippen LogP contribution in [0.3, 0.4) is 0 Å². The lowest BCUT2D eigenvalue weighted by atomic mass is 9.96. The summed E-state index contributed by atoms with van der Waals surface area (Å²) in [7, 11) is -3.81. The van der Waals surface area contributed by atoms with Crippen LogP contribution in [0.1, 0.15) is 13.3 Å². The summed E-state index contributed by atoms with van der Waals surface area (Å²) in [6.45, 7) is 1.02. The van der Waals surface area contributed by atoms with E-state index >= 15 is 0 Å². The minimum atomic E-state index is -3.81. The monoisotopic (exact) mass is 302 g/mol. The van der Waals surface area contributed by atoms with Crippen molar-refractivity contribution in [2.45, 2.75) is 29.5 Å². The molecule has 0 aliphatic carbocycles. The maximum Gasteiger partial charge on any atom is 0.328 e. The molecule has 2 aliphatic rings. The molecule has 0 bridgehead atoms. The van der Waals surface area contributed by atoms with Gasteiger partial charge in [0.25, 0.3) is 0 Å². The van der Waals surface area contributed by atoms with E-state index in [2.05, 4.69) is 10.1 Å². The van der Waals surface area contributed by atoms with Gasteiger partial charge in [-0.3, -0.25) is 9.79 Å². The Morgan fingerprint density at radius 3 is 2.75 bits per heavy atom. The molecule has 20 heavy (non-hydrogen) atoms. The molecule has 1 amide bonds. The highest BCUT2D eigenvalue weighted by atomic mass is 32.2. The number of hydrogen-bond donors (Lipinski definition) is 2. The Hall–Kier alpha value is -1.97. The molecule has 1 unspecified atom stereocenters. The number of rotatable bonds is 4. The number of nitrogens with two attached hydrogens (primary N) is 1. The molecule has 0 aromatic heterocycles. The summed E-state index contributed by atoms with van der Waals surface area (Å²) in [4.78, 5) is 27.6. The van der Waals surface area contributed by atoms with Crippen molar-refractivity contribution in [3.63, 3.8) is 0 Å². The van der Waals surface area contributed by atoms with Crippen molar-refractivity contribution in [3.05, 3.63) is 0 Å². The number of amides is 1. The van der Waals surface area contributed by atoms with Gasteiger partial charge in [0, 0.05) is 6.21 Å².